The first kappa shape index (κ1) is 12.6. The second-order valence-electron chi connectivity index (χ2n) is 4.11. The van der Waals surface area contributed by atoms with Gasteiger partial charge in [0.05, 0.1) is 14.2 Å². The van der Waals surface area contributed by atoms with E-state index in [0.29, 0.717) is 13.0 Å². The number of hydrogen-bond acceptors (Lipinski definition) is 4. The molecule has 18 heavy (non-hydrogen) atoms. The molecule has 2 rings (SSSR count). The first-order valence-corrected chi connectivity index (χ1v) is 5.91. The highest BCUT2D eigenvalue weighted by Gasteiger charge is 2.20. The van der Waals surface area contributed by atoms with Gasteiger partial charge in [-0.1, -0.05) is 12.1 Å². The zero-order valence-electron chi connectivity index (χ0n) is 10.7. The van der Waals surface area contributed by atoms with Crippen LogP contribution in [0.25, 0.3) is 5.57 Å². The van der Waals surface area contributed by atoms with Crippen LogP contribution in [0.15, 0.2) is 29.8 Å². The second kappa shape index (κ2) is 5.69. The largest absolute Gasteiger partial charge is 0.497 e. The fourth-order valence-electron chi connectivity index (χ4n) is 2.12. The summed E-state index contributed by atoms with van der Waals surface area (Å²) in [6.45, 7) is 1.48. The van der Waals surface area contributed by atoms with Crippen molar-refractivity contribution in [3.63, 3.8) is 0 Å². The molecule has 0 aromatic heterocycles. The molecule has 1 heterocycles. The van der Waals surface area contributed by atoms with Crippen molar-refractivity contribution in [2.45, 2.75) is 6.42 Å². The zero-order chi connectivity index (χ0) is 13.0. The third kappa shape index (κ3) is 2.54. The van der Waals surface area contributed by atoms with Gasteiger partial charge in [-0.25, -0.2) is 4.79 Å². The SMILES string of the molecule is COC(=O)C1=C(c2cccc(OC)c2)CNCC1. The van der Waals surface area contributed by atoms with Crippen LogP contribution in [0.4, 0.5) is 0 Å². The molecule has 1 N–H and O–H groups in total. The van der Waals surface area contributed by atoms with Gasteiger partial charge in [-0.05, 0) is 36.2 Å². The van der Waals surface area contributed by atoms with Gasteiger partial charge in [-0.15, -0.1) is 0 Å². The van der Waals surface area contributed by atoms with Gasteiger partial charge in [0, 0.05) is 12.1 Å². The summed E-state index contributed by atoms with van der Waals surface area (Å²) < 4.78 is 10.1. The number of carbonyl (C=O) groups excluding carboxylic acids is 1. The minimum absolute atomic E-state index is 0.241. The van der Waals surface area contributed by atoms with Crippen molar-refractivity contribution in [2.24, 2.45) is 0 Å². The number of hydrogen-bond donors (Lipinski definition) is 1. The quantitative estimate of drug-likeness (QED) is 0.824. The van der Waals surface area contributed by atoms with E-state index in [2.05, 4.69) is 5.32 Å². The fourth-order valence-corrected chi connectivity index (χ4v) is 2.12. The molecule has 1 aromatic rings. The molecule has 4 heteroatoms. The molecule has 1 aromatic carbocycles. The summed E-state index contributed by atoms with van der Waals surface area (Å²) >= 11 is 0. The van der Waals surface area contributed by atoms with Crippen LogP contribution in [0.2, 0.25) is 0 Å². The molecule has 0 unspecified atom stereocenters. The van der Waals surface area contributed by atoms with Crippen molar-refractivity contribution in [3.05, 3.63) is 35.4 Å². The highest BCUT2D eigenvalue weighted by atomic mass is 16.5. The van der Waals surface area contributed by atoms with Crippen LogP contribution >= 0.6 is 0 Å². The lowest BCUT2D eigenvalue weighted by molar-refractivity contribution is -0.136. The van der Waals surface area contributed by atoms with E-state index in [1.54, 1.807) is 7.11 Å². The molecule has 0 saturated carbocycles. The van der Waals surface area contributed by atoms with E-state index >= 15 is 0 Å². The van der Waals surface area contributed by atoms with E-state index in [9.17, 15) is 4.79 Å². The zero-order valence-corrected chi connectivity index (χ0v) is 10.7. The summed E-state index contributed by atoms with van der Waals surface area (Å²) in [5, 5.41) is 3.27. The third-order valence-electron chi connectivity index (χ3n) is 3.07. The topological polar surface area (TPSA) is 47.6 Å². The molecule has 0 aliphatic carbocycles. The van der Waals surface area contributed by atoms with Crippen molar-refractivity contribution in [3.8, 4) is 5.75 Å². The first-order valence-electron chi connectivity index (χ1n) is 5.91. The van der Waals surface area contributed by atoms with Gasteiger partial charge in [0.25, 0.3) is 0 Å². The molecule has 1 aliphatic rings. The predicted molar refractivity (Wildman–Crippen MR) is 69.4 cm³/mol. The average Bonchev–Trinajstić information content (AvgIpc) is 2.46. The molecule has 0 atom stereocenters. The Hall–Kier alpha value is -1.81. The van der Waals surface area contributed by atoms with Crippen LogP contribution in [0.5, 0.6) is 5.75 Å². The summed E-state index contributed by atoms with van der Waals surface area (Å²) in [5.41, 5.74) is 2.75. The molecule has 0 fully saturated rings. The third-order valence-corrected chi connectivity index (χ3v) is 3.07. The highest BCUT2D eigenvalue weighted by molar-refractivity contribution is 5.98. The standard InChI is InChI=1S/C14H17NO3/c1-17-11-5-3-4-10(8-11)13-9-15-7-6-12(13)14(16)18-2/h3-5,8,15H,6-7,9H2,1-2H3. The molecule has 96 valence electrons. The molecule has 0 spiro atoms. The summed E-state index contributed by atoms with van der Waals surface area (Å²) in [5.74, 6) is 0.545. The molecule has 0 saturated heterocycles. The van der Waals surface area contributed by atoms with Gasteiger partial charge >= 0.3 is 5.97 Å². The average molecular weight is 247 g/mol. The van der Waals surface area contributed by atoms with E-state index in [-0.39, 0.29) is 5.97 Å². The number of esters is 1. The number of ether oxygens (including phenoxy) is 2. The van der Waals surface area contributed by atoms with Crippen LogP contribution in [0.1, 0.15) is 12.0 Å². The maximum atomic E-state index is 11.8. The number of rotatable bonds is 3. The Morgan fingerprint density at radius 1 is 1.33 bits per heavy atom. The lowest BCUT2D eigenvalue weighted by Crippen LogP contribution is -2.27. The first-order chi connectivity index (χ1) is 8.76. The molecule has 1 aliphatic heterocycles. The number of nitrogens with one attached hydrogen (secondary N) is 1. The molecular weight excluding hydrogens is 230 g/mol. The lowest BCUT2D eigenvalue weighted by Gasteiger charge is -2.20. The van der Waals surface area contributed by atoms with Crippen molar-refractivity contribution in [2.75, 3.05) is 27.3 Å². The summed E-state index contributed by atoms with van der Waals surface area (Å²) in [6.07, 6.45) is 0.694. The predicted octanol–water partition coefficient (Wildman–Crippen LogP) is 1.62. The molecular formula is C14H17NO3. The number of carbonyl (C=O) groups is 1. The minimum Gasteiger partial charge on any atom is -0.497 e. The van der Waals surface area contributed by atoms with E-state index in [4.69, 9.17) is 9.47 Å². The maximum absolute atomic E-state index is 11.8. The van der Waals surface area contributed by atoms with Gasteiger partial charge < -0.3 is 14.8 Å². The fraction of sp³-hybridized carbons (Fsp3) is 0.357. The van der Waals surface area contributed by atoms with E-state index in [1.165, 1.54) is 7.11 Å². The van der Waals surface area contributed by atoms with Crippen LogP contribution in [0, 0.1) is 0 Å². The van der Waals surface area contributed by atoms with Gasteiger partial charge in [-0.3, -0.25) is 0 Å². The second-order valence-corrected chi connectivity index (χ2v) is 4.11. The van der Waals surface area contributed by atoms with Gasteiger partial charge in [0.1, 0.15) is 5.75 Å². The Balaban J connectivity index is 2.43. The Labute approximate surface area is 107 Å². The van der Waals surface area contributed by atoms with Gasteiger partial charge in [-0.2, -0.15) is 0 Å². The number of methoxy groups -OCH3 is 2. The molecule has 4 nitrogen and oxygen atoms in total. The molecule has 0 bridgehead atoms. The minimum atomic E-state index is -0.241. The van der Waals surface area contributed by atoms with Crippen molar-refractivity contribution < 1.29 is 14.3 Å². The van der Waals surface area contributed by atoms with Crippen LogP contribution in [-0.4, -0.2) is 33.3 Å². The maximum Gasteiger partial charge on any atom is 0.334 e. The van der Waals surface area contributed by atoms with Crippen molar-refractivity contribution in [1.29, 1.82) is 0 Å². The van der Waals surface area contributed by atoms with Crippen LogP contribution in [-0.2, 0) is 9.53 Å². The van der Waals surface area contributed by atoms with Crippen LogP contribution < -0.4 is 10.1 Å². The van der Waals surface area contributed by atoms with Gasteiger partial charge in [0.15, 0.2) is 0 Å². The number of benzene rings is 1. The smallest absolute Gasteiger partial charge is 0.334 e. The Bertz CT molecular complexity index is 480. The van der Waals surface area contributed by atoms with E-state index < -0.39 is 0 Å². The normalized spacial score (nSPS) is 15.4. The Morgan fingerprint density at radius 2 is 2.17 bits per heavy atom. The van der Waals surface area contributed by atoms with E-state index in [1.807, 2.05) is 24.3 Å². The molecule has 0 amide bonds. The Kier molecular flexibility index (Phi) is 3.99. The summed E-state index contributed by atoms with van der Waals surface area (Å²) in [7, 11) is 3.05. The van der Waals surface area contributed by atoms with Crippen molar-refractivity contribution in [1.82, 2.24) is 5.32 Å². The molecule has 0 radical (unpaired) electrons. The van der Waals surface area contributed by atoms with Crippen LogP contribution in [0.3, 0.4) is 0 Å². The monoisotopic (exact) mass is 247 g/mol. The highest BCUT2D eigenvalue weighted by Crippen LogP contribution is 2.26. The summed E-state index contributed by atoms with van der Waals surface area (Å²) in [6, 6.07) is 7.72. The summed E-state index contributed by atoms with van der Waals surface area (Å²) in [4.78, 5) is 11.8. The van der Waals surface area contributed by atoms with Crippen molar-refractivity contribution >= 4 is 11.5 Å². The Morgan fingerprint density at radius 3 is 2.89 bits per heavy atom. The van der Waals surface area contributed by atoms with E-state index in [0.717, 1.165) is 29.0 Å². The lowest BCUT2D eigenvalue weighted by atomic mass is 9.95. The van der Waals surface area contributed by atoms with Gasteiger partial charge in [0.2, 0.25) is 0 Å².